The molecule has 0 aromatic heterocycles. The van der Waals surface area contributed by atoms with Gasteiger partial charge in [0.15, 0.2) is 0 Å². The first-order chi connectivity index (χ1) is 15.1. The van der Waals surface area contributed by atoms with Crippen LogP contribution < -0.4 is 4.72 Å². The molecule has 2 aliphatic carbocycles. The van der Waals surface area contributed by atoms with Crippen LogP contribution >= 0.6 is 0 Å². The third kappa shape index (κ3) is 4.44. The molecule has 0 fully saturated rings. The predicted octanol–water partition coefficient (Wildman–Crippen LogP) is 6.52. The maximum absolute atomic E-state index is 13.3. The highest BCUT2D eigenvalue weighted by Gasteiger charge is 2.34. The molecule has 3 atom stereocenters. The van der Waals surface area contributed by atoms with E-state index in [1.165, 1.54) is 32.1 Å². The van der Waals surface area contributed by atoms with Gasteiger partial charge in [0.25, 0.3) is 0 Å². The van der Waals surface area contributed by atoms with Gasteiger partial charge in [-0.05, 0) is 89.8 Å². The molecule has 0 amide bonds. The van der Waals surface area contributed by atoms with Crippen molar-refractivity contribution in [2.24, 2.45) is 5.92 Å². The highest BCUT2D eigenvalue weighted by atomic mass is 32.2. The summed E-state index contributed by atoms with van der Waals surface area (Å²) in [6.07, 6.45) is 7.33. The Balaban J connectivity index is 0.00000112. The largest absolute Gasteiger partial charge is 0.248 e. The van der Waals surface area contributed by atoms with E-state index in [-0.39, 0.29) is 0 Å². The van der Waals surface area contributed by atoms with E-state index in [0.29, 0.717) is 0 Å². The SMILES string of the molecule is C=S(=O)(NCCCC1CCc2cccc3c2C1CC3)c1cccc2ccccc12.CC. The van der Waals surface area contributed by atoms with Gasteiger partial charge in [-0.3, -0.25) is 0 Å². The molecule has 3 heteroatoms. The van der Waals surface area contributed by atoms with E-state index in [9.17, 15) is 4.21 Å². The van der Waals surface area contributed by atoms with Crippen LogP contribution in [0.3, 0.4) is 0 Å². The third-order valence-electron chi connectivity index (χ3n) is 6.93. The number of aryl methyl sites for hydroxylation is 2. The molecule has 0 spiro atoms. The molecule has 0 radical (unpaired) electrons. The van der Waals surface area contributed by atoms with Crippen LogP contribution in [0.1, 0.15) is 62.1 Å². The summed E-state index contributed by atoms with van der Waals surface area (Å²) in [5.74, 6) is 5.58. The maximum atomic E-state index is 13.3. The summed E-state index contributed by atoms with van der Waals surface area (Å²) in [5.41, 5.74) is 4.86. The van der Waals surface area contributed by atoms with Gasteiger partial charge in [0.1, 0.15) is 0 Å². The van der Waals surface area contributed by atoms with Crippen LogP contribution in [0.25, 0.3) is 10.8 Å². The molecule has 2 nitrogen and oxygen atoms in total. The predicted molar refractivity (Wildman–Crippen MR) is 135 cm³/mol. The first-order valence-electron chi connectivity index (χ1n) is 11.8. The minimum Gasteiger partial charge on any atom is -0.248 e. The second-order valence-electron chi connectivity index (χ2n) is 8.62. The topological polar surface area (TPSA) is 29.1 Å². The van der Waals surface area contributed by atoms with E-state index in [2.05, 4.69) is 40.9 Å². The Morgan fingerprint density at radius 3 is 2.42 bits per heavy atom. The maximum Gasteiger partial charge on any atom is 0.0539 e. The zero-order valence-corrected chi connectivity index (χ0v) is 19.7. The average Bonchev–Trinajstić information content (AvgIpc) is 3.25. The number of fused-ring (bicyclic) bond motifs is 1. The normalized spacial score (nSPS) is 21.1. The van der Waals surface area contributed by atoms with Gasteiger partial charge in [0.05, 0.1) is 14.6 Å². The molecule has 0 saturated heterocycles. The van der Waals surface area contributed by atoms with Crippen molar-refractivity contribution >= 4 is 26.4 Å². The van der Waals surface area contributed by atoms with Gasteiger partial charge in [0.2, 0.25) is 0 Å². The van der Waals surface area contributed by atoms with Crippen LogP contribution in [0.4, 0.5) is 0 Å². The van der Waals surface area contributed by atoms with Gasteiger partial charge in [-0.2, -0.15) is 0 Å². The molecule has 1 N–H and O–H groups in total. The summed E-state index contributed by atoms with van der Waals surface area (Å²) in [5, 5.41) is 2.14. The van der Waals surface area contributed by atoms with Crippen LogP contribution in [0, 0.1) is 5.92 Å². The number of nitrogens with one attached hydrogen (secondary N) is 1. The van der Waals surface area contributed by atoms with E-state index in [0.717, 1.165) is 40.5 Å². The first-order valence-corrected chi connectivity index (χ1v) is 13.6. The Bertz CT molecular complexity index is 1140. The minimum atomic E-state index is -2.50. The highest BCUT2D eigenvalue weighted by molar-refractivity contribution is 7.98. The minimum absolute atomic E-state index is 0.747. The highest BCUT2D eigenvalue weighted by Crippen LogP contribution is 2.47. The Labute approximate surface area is 188 Å². The summed E-state index contributed by atoms with van der Waals surface area (Å²) in [6, 6.07) is 21.0. The molecule has 3 aromatic carbocycles. The van der Waals surface area contributed by atoms with Crippen LogP contribution in [0.2, 0.25) is 0 Å². The Morgan fingerprint density at radius 1 is 0.935 bits per heavy atom. The van der Waals surface area contributed by atoms with Crippen LogP contribution in [-0.4, -0.2) is 16.6 Å². The standard InChI is InChI=1S/C26H29NOS.C2H6/c1-29(28,25-13-5-8-19-7-2-3-12-23(19)25)27-18-6-11-20-14-15-21-9-4-10-22-16-17-24(20)26(21)22;1-2/h2-5,7-10,12-13,20,24H,1,6,11,14-18H2,(H,27,28);1-2H3. The summed E-state index contributed by atoms with van der Waals surface area (Å²) >= 11 is 0. The second-order valence-corrected chi connectivity index (χ2v) is 10.7. The van der Waals surface area contributed by atoms with Crippen molar-refractivity contribution in [1.82, 2.24) is 4.72 Å². The van der Waals surface area contributed by atoms with E-state index in [4.69, 9.17) is 0 Å². The molecule has 3 unspecified atom stereocenters. The molecule has 0 heterocycles. The van der Waals surface area contributed by atoms with Crippen LogP contribution in [-0.2, 0) is 22.5 Å². The monoisotopic (exact) mass is 433 g/mol. The van der Waals surface area contributed by atoms with Crippen LogP contribution in [0.15, 0.2) is 65.6 Å². The summed E-state index contributed by atoms with van der Waals surface area (Å²) < 4.78 is 16.6. The number of rotatable bonds is 6. The van der Waals surface area contributed by atoms with Crippen LogP contribution in [0.5, 0.6) is 0 Å². The van der Waals surface area contributed by atoms with Crippen molar-refractivity contribution < 1.29 is 4.21 Å². The second kappa shape index (κ2) is 9.58. The lowest BCUT2D eigenvalue weighted by Crippen LogP contribution is -2.26. The fourth-order valence-corrected chi connectivity index (χ4v) is 7.02. The fourth-order valence-electron chi connectivity index (χ4n) is 5.56. The van der Waals surface area contributed by atoms with Crippen molar-refractivity contribution in [3.63, 3.8) is 0 Å². The molecular weight excluding hydrogens is 398 g/mol. The molecule has 0 aliphatic heterocycles. The van der Waals surface area contributed by atoms with E-state index >= 15 is 0 Å². The van der Waals surface area contributed by atoms with Crippen molar-refractivity contribution in [3.05, 3.63) is 77.4 Å². The molecule has 3 aromatic rings. The van der Waals surface area contributed by atoms with Crippen molar-refractivity contribution in [3.8, 4) is 0 Å². The van der Waals surface area contributed by atoms with Gasteiger partial charge in [0, 0.05) is 6.54 Å². The lowest BCUT2D eigenvalue weighted by molar-refractivity contribution is 0.342. The third-order valence-corrected chi connectivity index (χ3v) is 8.66. The van der Waals surface area contributed by atoms with E-state index in [1.807, 2.05) is 44.2 Å². The molecule has 0 bridgehead atoms. The van der Waals surface area contributed by atoms with Crippen molar-refractivity contribution in [2.75, 3.05) is 6.54 Å². The molecule has 0 saturated carbocycles. The molecule has 164 valence electrons. The molecule has 2 aliphatic rings. The first kappa shape index (κ1) is 22.1. The van der Waals surface area contributed by atoms with Crippen molar-refractivity contribution in [1.29, 1.82) is 0 Å². The van der Waals surface area contributed by atoms with Gasteiger partial charge in [-0.15, -0.1) is 0 Å². The summed E-state index contributed by atoms with van der Waals surface area (Å²) in [6.45, 7) is 4.75. The summed E-state index contributed by atoms with van der Waals surface area (Å²) in [4.78, 5) is 0.822. The van der Waals surface area contributed by atoms with Gasteiger partial charge < -0.3 is 0 Å². The van der Waals surface area contributed by atoms with Gasteiger partial charge in [-0.25, -0.2) is 8.93 Å². The zero-order valence-electron chi connectivity index (χ0n) is 18.9. The Hall–Kier alpha value is -2.10. The summed E-state index contributed by atoms with van der Waals surface area (Å²) in [7, 11) is -2.50. The number of hydrogen-bond acceptors (Lipinski definition) is 1. The Morgan fingerprint density at radius 2 is 1.61 bits per heavy atom. The van der Waals surface area contributed by atoms with Gasteiger partial charge >= 0.3 is 0 Å². The average molecular weight is 434 g/mol. The molecular formula is C28H35NOS. The van der Waals surface area contributed by atoms with E-state index < -0.39 is 9.71 Å². The zero-order chi connectivity index (χ0) is 21.8. The number of benzene rings is 3. The molecule has 31 heavy (non-hydrogen) atoms. The Kier molecular flexibility index (Phi) is 6.83. The number of hydrogen-bond donors (Lipinski definition) is 1. The smallest absolute Gasteiger partial charge is 0.0539 e. The fraction of sp³-hybridized carbons (Fsp3) is 0.393. The van der Waals surface area contributed by atoms with Gasteiger partial charge in [-0.1, -0.05) is 68.4 Å². The van der Waals surface area contributed by atoms with E-state index in [1.54, 1.807) is 16.7 Å². The lowest BCUT2D eigenvalue weighted by Gasteiger charge is -2.31. The molecule has 5 rings (SSSR count). The quantitative estimate of drug-likeness (QED) is 0.348. The lowest BCUT2D eigenvalue weighted by atomic mass is 9.74. The van der Waals surface area contributed by atoms with Crippen molar-refractivity contribution in [2.45, 2.75) is 63.2 Å².